The number of hydrogen-bond donors (Lipinski definition) is 0. The minimum Gasteiger partial charge on any atom is -0.311 e. The summed E-state index contributed by atoms with van der Waals surface area (Å²) in [5, 5.41) is 5.02. The Hall–Kier alpha value is -7.68. The first-order valence-electron chi connectivity index (χ1n) is 21.2. The normalized spacial score (nSPS) is 12.6. The average Bonchev–Trinajstić information content (AvgIpc) is 3.55. The SMILES string of the molecule is CC1(C)c2ccccc2-c2ccc(N(c3ccccc3)c3ccc(N(c4ccccc4)c4ccc(-c5c6ccccc6c(-c6ccccc6)c6ccccc56)cc4)cc3)cc21. The molecule has 0 spiro atoms. The largest absolute Gasteiger partial charge is 0.311 e. The topological polar surface area (TPSA) is 6.48 Å². The Labute approximate surface area is 358 Å². The van der Waals surface area contributed by atoms with Gasteiger partial charge in [-0.05, 0) is 139 Å². The highest BCUT2D eigenvalue weighted by molar-refractivity contribution is 6.21. The van der Waals surface area contributed by atoms with Gasteiger partial charge in [-0.15, -0.1) is 0 Å². The molecule has 0 bridgehead atoms. The van der Waals surface area contributed by atoms with E-state index in [2.05, 4.69) is 254 Å². The standard InChI is InChI=1S/C59H44N2/c1-59(2)55-29-17-16-24-49(55)50-39-38-48(40-56(50)59)61(44-22-10-5-11-23-44)47-36-34-46(35-37-47)60(43-20-8-4-9-21-43)45-32-30-42(31-33-45)58-53-27-14-12-25-51(53)57(41-18-6-3-7-19-41)52-26-13-15-28-54(52)58/h3-40H,1-2H3. The third kappa shape index (κ3) is 6.19. The van der Waals surface area contributed by atoms with Gasteiger partial charge in [0.25, 0.3) is 0 Å². The lowest BCUT2D eigenvalue weighted by Gasteiger charge is -2.29. The highest BCUT2D eigenvalue weighted by Gasteiger charge is 2.35. The maximum absolute atomic E-state index is 2.40. The van der Waals surface area contributed by atoms with Gasteiger partial charge in [0.2, 0.25) is 0 Å². The molecule has 2 heteroatoms. The lowest BCUT2D eigenvalue weighted by Crippen LogP contribution is -2.16. The van der Waals surface area contributed by atoms with Crippen LogP contribution in [0.25, 0.3) is 54.9 Å². The predicted octanol–water partition coefficient (Wildman–Crippen LogP) is 16.6. The Morgan fingerprint density at radius 3 is 1.13 bits per heavy atom. The van der Waals surface area contributed by atoms with Crippen LogP contribution >= 0.6 is 0 Å². The van der Waals surface area contributed by atoms with Crippen molar-refractivity contribution in [3.8, 4) is 33.4 Å². The van der Waals surface area contributed by atoms with Crippen LogP contribution < -0.4 is 9.80 Å². The van der Waals surface area contributed by atoms with Crippen molar-refractivity contribution in [1.82, 2.24) is 0 Å². The van der Waals surface area contributed by atoms with Crippen molar-refractivity contribution in [3.63, 3.8) is 0 Å². The van der Waals surface area contributed by atoms with Gasteiger partial charge in [0.15, 0.2) is 0 Å². The molecule has 0 fully saturated rings. The third-order valence-corrected chi connectivity index (χ3v) is 12.6. The van der Waals surface area contributed by atoms with E-state index in [9.17, 15) is 0 Å². The predicted molar refractivity (Wildman–Crippen MR) is 259 cm³/mol. The van der Waals surface area contributed by atoms with Crippen LogP contribution in [-0.2, 0) is 5.41 Å². The van der Waals surface area contributed by atoms with Crippen molar-refractivity contribution in [1.29, 1.82) is 0 Å². The molecule has 0 atom stereocenters. The molecule has 10 aromatic carbocycles. The van der Waals surface area contributed by atoms with E-state index in [4.69, 9.17) is 0 Å². The first kappa shape index (κ1) is 36.4. The van der Waals surface area contributed by atoms with Crippen LogP contribution in [0.5, 0.6) is 0 Å². The quantitative estimate of drug-likeness (QED) is 0.142. The van der Waals surface area contributed by atoms with Gasteiger partial charge >= 0.3 is 0 Å². The molecule has 0 unspecified atom stereocenters. The molecule has 0 heterocycles. The van der Waals surface area contributed by atoms with Crippen LogP contribution in [0, 0.1) is 0 Å². The smallest absolute Gasteiger partial charge is 0.0465 e. The molecule has 10 aromatic rings. The van der Waals surface area contributed by atoms with Gasteiger partial charge in [-0.2, -0.15) is 0 Å². The van der Waals surface area contributed by atoms with Crippen LogP contribution in [0.4, 0.5) is 34.1 Å². The van der Waals surface area contributed by atoms with Gasteiger partial charge in [0, 0.05) is 39.5 Å². The highest BCUT2D eigenvalue weighted by atomic mass is 15.2. The fourth-order valence-corrected chi connectivity index (χ4v) is 9.76. The van der Waals surface area contributed by atoms with E-state index in [0.29, 0.717) is 0 Å². The van der Waals surface area contributed by atoms with Crippen molar-refractivity contribution in [2.24, 2.45) is 0 Å². The van der Waals surface area contributed by atoms with Crippen molar-refractivity contribution < 1.29 is 0 Å². The third-order valence-electron chi connectivity index (χ3n) is 12.6. The zero-order valence-electron chi connectivity index (χ0n) is 34.3. The summed E-state index contributed by atoms with van der Waals surface area (Å²) in [7, 11) is 0. The molecule has 0 amide bonds. The molecule has 2 nitrogen and oxygen atoms in total. The highest BCUT2D eigenvalue weighted by Crippen LogP contribution is 2.51. The van der Waals surface area contributed by atoms with Gasteiger partial charge < -0.3 is 9.80 Å². The fourth-order valence-electron chi connectivity index (χ4n) is 9.76. The Kier molecular flexibility index (Phi) is 8.86. The summed E-state index contributed by atoms with van der Waals surface area (Å²) < 4.78 is 0. The van der Waals surface area contributed by atoms with E-state index >= 15 is 0 Å². The monoisotopic (exact) mass is 780 g/mol. The van der Waals surface area contributed by atoms with Crippen LogP contribution in [0.3, 0.4) is 0 Å². The summed E-state index contributed by atoms with van der Waals surface area (Å²) in [4.78, 5) is 4.73. The van der Waals surface area contributed by atoms with Crippen molar-refractivity contribution in [2.75, 3.05) is 9.80 Å². The number of hydrogen-bond acceptors (Lipinski definition) is 2. The zero-order valence-corrected chi connectivity index (χ0v) is 34.3. The van der Waals surface area contributed by atoms with E-state index in [1.165, 1.54) is 66.1 Å². The van der Waals surface area contributed by atoms with E-state index in [1.54, 1.807) is 0 Å². The summed E-state index contributed by atoms with van der Waals surface area (Å²) >= 11 is 0. The lowest BCUT2D eigenvalue weighted by molar-refractivity contribution is 0.660. The Morgan fingerprint density at radius 2 is 0.623 bits per heavy atom. The summed E-state index contributed by atoms with van der Waals surface area (Å²) in [6.07, 6.45) is 0. The molecule has 0 aliphatic heterocycles. The van der Waals surface area contributed by atoms with E-state index in [0.717, 1.165) is 34.1 Å². The molecular formula is C59H44N2. The average molecular weight is 781 g/mol. The van der Waals surface area contributed by atoms with Crippen LogP contribution in [0.2, 0.25) is 0 Å². The fraction of sp³-hybridized carbons (Fsp3) is 0.0508. The molecule has 0 saturated heterocycles. The molecule has 11 rings (SSSR count). The van der Waals surface area contributed by atoms with Gasteiger partial charge in [-0.3, -0.25) is 0 Å². The molecule has 0 N–H and O–H groups in total. The molecule has 0 radical (unpaired) electrons. The molecule has 1 aliphatic rings. The first-order valence-corrected chi connectivity index (χ1v) is 21.2. The minimum atomic E-state index is -0.0916. The van der Waals surface area contributed by atoms with Crippen LogP contribution in [0.1, 0.15) is 25.0 Å². The Morgan fingerprint density at radius 1 is 0.279 bits per heavy atom. The molecule has 0 saturated carbocycles. The summed E-state index contributed by atoms with van der Waals surface area (Å²) in [5.41, 5.74) is 16.9. The summed E-state index contributed by atoms with van der Waals surface area (Å²) in [5.74, 6) is 0. The van der Waals surface area contributed by atoms with E-state index in [1.807, 2.05) is 0 Å². The van der Waals surface area contributed by atoms with Crippen LogP contribution in [-0.4, -0.2) is 0 Å². The van der Waals surface area contributed by atoms with Crippen molar-refractivity contribution >= 4 is 55.7 Å². The van der Waals surface area contributed by atoms with E-state index in [-0.39, 0.29) is 5.41 Å². The second-order valence-corrected chi connectivity index (χ2v) is 16.5. The zero-order chi connectivity index (χ0) is 40.9. The summed E-state index contributed by atoms with van der Waals surface area (Å²) in [6.45, 7) is 4.69. The Bertz CT molecular complexity index is 3130. The molecule has 1 aliphatic carbocycles. The number of benzene rings is 10. The number of rotatable bonds is 8. The van der Waals surface area contributed by atoms with Crippen molar-refractivity contribution in [3.05, 3.63) is 242 Å². The minimum absolute atomic E-state index is 0.0916. The molecule has 290 valence electrons. The lowest BCUT2D eigenvalue weighted by atomic mass is 9.82. The maximum atomic E-state index is 2.40. The first-order chi connectivity index (χ1) is 30.0. The second-order valence-electron chi connectivity index (χ2n) is 16.5. The van der Waals surface area contributed by atoms with Gasteiger partial charge in [-0.25, -0.2) is 0 Å². The number of fused-ring (bicyclic) bond motifs is 5. The number of para-hydroxylation sites is 2. The van der Waals surface area contributed by atoms with Gasteiger partial charge in [-0.1, -0.05) is 172 Å². The van der Waals surface area contributed by atoms with Gasteiger partial charge in [0.1, 0.15) is 0 Å². The number of nitrogens with zero attached hydrogens (tertiary/aromatic N) is 2. The van der Waals surface area contributed by atoms with Crippen molar-refractivity contribution in [2.45, 2.75) is 19.3 Å². The maximum Gasteiger partial charge on any atom is 0.0465 e. The van der Waals surface area contributed by atoms with E-state index < -0.39 is 0 Å². The molecular weight excluding hydrogens is 737 g/mol. The second kappa shape index (κ2) is 14.9. The van der Waals surface area contributed by atoms with Crippen LogP contribution in [0.15, 0.2) is 231 Å². The Balaban J connectivity index is 0.995. The van der Waals surface area contributed by atoms with Gasteiger partial charge in [0.05, 0.1) is 0 Å². The molecule has 0 aromatic heterocycles. The summed E-state index contributed by atoms with van der Waals surface area (Å²) in [6, 6.07) is 83.9. The number of anilines is 6. The molecule has 61 heavy (non-hydrogen) atoms.